The number of rotatable bonds is 3. The van der Waals surface area contributed by atoms with E-state index in [1.165, 1.54) is 0 Å². The first-order chi connectivity index (χ1) is 7.16. The van der Waals surface area contributed by atoms with E-state index >= 15 is 0 Å². The fraction of sp³-hybridized carbons (Fsp3) is 0.375. The molecule has 0 aromatic carbocycles. The Hall–Kier alpha value is -1.14. The van der Waals surface area contributed by atoms with Gasteiger partial charge in [0.05, 0.1) is 10.4 Å². The summed E-state index contributed by atoms with van der Waals surface area (Å²) in [5.74, 6) is 0.645. The van der Waals surface area contributed by atoms with E-state index in [9.17, 15) is 0 Å². The van der Waals surface area contributed by atoms with Crippen LogP contribution >= 0.6 is 22.9 Å². The summed E-state index contributed by atoms with van der Waals surface area (Å²) in [5.41, 5.74) is 0. The van der Waals surface area contributed by atoms with Crippen LogP contribution in [0.4, 0.5) is 5.95 Å². The largest absolute Gasteiger partial charge is 0.346 e. The maximum atomic E-state index is 5.86. The molecule has 15 heavy (non-hydrogen) atoms. The Labute approximate surface area is 96.1 Å². The van der Waals surface area contributed by atoms with E-state index in [0.29, 0.717) is 5.95 Å². The summed E-state index contributed by atoms with van der Waals surface area (Å²) in [5, 5.41) is 14.3. The molecule has 0 aliphatic carbocycles. The molecule has 80 valence electrons. The van der Waals surface area contributed by atoms with Crippen LogP contribution in [0.15, 0.2) is 12.1 Å². The van der Waals surface area contributed by atoms with Gasteiger partial charge in [-0.15, -0.1) is 11.3 Å². The summed E-state index contributed by atoms with van der Waals surface area (Å²) in [6.07, 6.45) is 0. The number of aryl methyl sites for hydroxylation is 1. The van der Waals surface area contributed by atoms with E-state index < -0.39 is 0 Å². The lowest BCUT2D eigenvalue weighted by molar-refractivity contribution is 0.707. The van der Waals surface area contributed by atoms with Crippen molar-refractivity contribution in [2.45, 2.75) is 13.0 Å². The van der Waals surface area contributed by atoms with Gasteiger partial charge in [0.2, 0.25) is 5.95 Å². The highest BCUT2D eigenvalue weighted by Gasteiger charge is 2.10. The van der Waals surface area contributed by atoms with E-state index in [1.807, 2.05) is 19.1 Å². The Morgan fingerprint density at radius 3 is 2.87 bits per heavy atom. The SMILES string of the molecule is CC(Nc1nnnn1C)c1ccc(Cl)s1. The summed E-state index contributed by atoms with van der Waals surface area (Å²) in [7, 11) is 1.79. The van der Waals surface area contributed by atoms with Crippen LogP contribution in [0.2, 0.25) is 4.34 Å². The van der Waals surface area contributed by atoms with Crippen molar-refractivity contribution in [1.82, 2.24) is 20.2 Å². The maximum Gasteiger partial charge on any atom is 0.243 e. The normalized spacial score (nSPS) is 12.7. The van der Waals surface area contributed by atoms with Gasteiger partial charge in [0, 0.05) is 11.9 Å². The topological polar surface area (TPSA) is 55.6 Å². The van der Waals surface area contributed by atoms with Crippen LogP contribution in [0.3, 0.4) is 0 Å². The van der Waals surface area contributed by atoms with Crippen LogP contribution < -0.4 is 5.32 Å². The molecule has 0 fully saturated rings. The van der Waals surface area contributed by atoms with Gasteiger partial charge < -0.3 is 5.32 Å². The van der Waals surface area contributed by atoms with Gasteiger partial charge >= 0.3 is 0 Å². The zero-order valence-electron chi connectivity index (χ0n) is 8.31. The first-order valence-corrected chi connectivity index (χ1v) is 5.60. The maximum absolute atomic E-state index is 5.86. The summed E-state index contributed by atoms with van der Waals surface area (Å²) >= 11 is 7.41. The molecule has 0 bridgehead atoms. The number of hydrogen-bond donors (Lipinski definition) is 1. The van der Waals surface area contributed by atoms with Crippen LogP contribution in [0, 0.1) is 0 Å². The lowest BCUT2D eigenvalue weighted by atomic mass is 10.3. The molecule has 0 saturated heterocycles. The molecule has 1 unspecified atom stereocenters. The van der Waals surface area contributed by atoms with Gasteiger partial charge in [0.25, 0.3) is 0 Å². The third-order valence-corrected chi connectivity index (χ3v) is 3.40. The van der Waals surface area contributed by atoms with E-state index in [4.69, 9.17) is 11.6 Å². The van der Waals surface area contributed by atoms with Crippen molar-refractivity contribution in [2.75, 3.05) is 5.32 Å². The molecule has 0 spiro atoms. The number of nitrogens with zero attached hydrogens (tertiary/aromatic N) is 4. The van der Waals surface area contributed by atoms with Gasteiger partial charge in [-0.25, -0.2) is 4.68 Å². The number of anilines is 1. The molecule has 0 saturated carbocycles. The highest BCUT2D eigenvalue weighted by atomic mass is 35.5. The molecule has 2 aromatic rings. The third-order valence-electron chi connectivity index (χ3n) is 1.99. The minimum atomic E-state index is 0.146. The Morgan fingerprint density at radius 2 is 2.33 bits per heavy atom. The lowest BCUT2D eigenvalue weighted by Crippen LogP contribution is -2.09. The molecule has 5 nitrogen and oxygen atoms in total. The number of nitrogens with one attached hydrogen (secondary N) is 1. The zero-order chi connectivity index (χ0) is 10.8. The number of hydrogen-bond acceptors (Lipinski definition) is 5. The van der Waals surface area contributed by atoms with Crippen molar-refractivity contribution >= 4 is 28.9 Å². The molecule has 2 rings (SSSR count). The molecular formula is C8H10ClN5S. The molecule has 2 heterocycles. The highest BCUT2D eigenvalue weighted by molar-refractivity contribution is 7.16. The van der Waals surface area contributed by atoms with E-state index in [0.717, 1.165) is 9.21 Å². The first kappa shape index (κ1) is 10.4. The van der Waals surface area contributed by atoms with Crippen molar-refractivity contribution in [2.24, 2.45) is 7.05 Å². The summed E-state index contributed by atoms with van der Waals surface area (Å²) in [4.78, 5) is 1.16. The molecule has 1 N–H and O–H groups in total. The Kier molecular flexibility index (Phi) is 2.88. The van der Waals surface area contributed by atoms with Crippen molar-refractivity contribution in [1.29, 1.82) is 0 Å². The number of thiophene rings is 1. The lowest BCUT2D eigenvalue weighted by Gasteiger charge is -2.10. The average Bonchev–Trinajstić information content (AvgIpc) is 2.77. The quantitative estimate of drug-likeness (QED) is 0.897. The minimum Gasteiger partial charge on any atom is -0.346 e. The third kappa shape index (κ3) is 2.27. The predicted molar refractivity (Wildman–Crippen MR) is 60.2 cm³/mol. The zero-order valence-corrected chi connectivity index (χ0v) is 9.88. The van der Waals surface area contributed by atoms with E-state index in [2.05, 4.69) is 20.8 Å². The molecule has 0 amide bonds. The van der Waals surface area contributed by atoms with Crippen LogP contribution in [-0.4, -0.2) is 20.2 Å². The average molecular weight is 244 g/mol. The molecular weight excluding hydrogens is 234 g/mol. The van der Waals surface area contributed by atoms with Gasteiger partial charge in [-0.1, -0.05) is 16.7 Å². The molecule has 2 aromatic heterocycles. The van der Waals surface area contributed by atoms with Crippen molar-refractivity contribution in [3.8, 4) is 0 Å². The Balaban J connectivity index is 2.10. The number of halogens is 1. The predicted octanol–water partition coefficient (Wildman–Crippen LogP) is 2.10. The standard InChI is InChI=1S/C8H10ClN5S/c1-5(6-3-4-7(9)15-6)10-8-11-12-13-14(8)2/h3-5H,1-2H3,(H,10,11,13). The van der Waals surface area contributed by atoms with Crippen LogP contribution in [0.5, 0.6) is 0 Å². The molecule has 0 radical (unpaired) electrons. The van der Waals surface area contributed by atoms with Crippen molar-refractivity contribution in [3.63, 3.8) is 0 Å². The van der Waals surface area contributed by atoms with Crippen molar-refractivity contribution in [3.05, 3.63) is 21.3 Å². The summed E-state index contributed by atoms with van der Waals surface area (Å²) < 4.78 is 2.38. The van der Waals surface area contributed by atoms with Gasteiger partial charge in [-0.2, -0.15) is 0 Å². The second kappa shape index (κ2) is 4.16. The van der Waals surface area contributed by atoms with Crippen molar-refractivity contribution < 1.29 is 0 Å². The molecule has 1 atom stereocenters. The Bertz CT molecular complexity index is 451. The second-order valence-electron chi connectivity index (χ2n) is 3.13. The van der Waals surface area contributed by atoms with Gasteiger partial charge in [-0.05, 0) is 29.5 Å². The second-order valence-corrected chi connectivity index (χ2v) is 4.88. The monoisotopic (exact) mass is 243 g/mol. The highest BCUT2D eigenvalue weighted by Crippen LogP contribution is 2.28. The van der Waals surface area contributed by atoms with E-state index in [-0.39, 0.29) is 6.04 Å². The number of aromatic nitrogens is 4. The molecule has 7 heteroatoms. The minimum absolute atomic E-state index is 0.146. The van der Waals surface area contributed by atoms with Gasteiger partial charge in [0.1, 0.15) is 0 Å². The fourth-order valence-electron chi connectivity index (χ4n) is 1.18. The number of tetrazole rings is 1. The first-order valence-electron chi connectivity index (χ1n) is 4.41. The van der Waals surface area contributed by atoms with Crippen LogP contribution in [0.25, 0.3) is 0 Å². The van der Waals surface area contributed by atoms with E-state index in [1.54, 1.807) is 23.1 Å². The van der Waals surface area contributed by atoms with Gasteiger partial charge in [0.15, 0.2) is 0 Å². The van der Waals surface area contributed by atoms with Crippen LogP contribution in [0.1, 0.15) is 17.8 Å². The summed E-state index contributed by atoms with van der Waals surface area (Å²) in [6.45, 7) is 2.04. The summed E-state index contributed by atoms with van der Waals surface area (Å²) in [6, 6.07) is 4.02. The fourth-order valence-corrected chi connectivity index (χ4v) is 2.24. The molecule has 0 aliphatic rings. The van der Waals surface area contributed by atoms with Gasteiger partial charge in [-0.3, -0.25) is 0 Å². The Morgan fingerprint density at radius 1 is 1.53 bits per heavy atom. The molecule has 0 aliphatic heterocycles. The van der Waals surface area contributed by atoms with Crippen LogP contribution in [-0.2, 0) is 7.05 Å². The smallest absolute Gasteiger partial charge is 0.243 e.